The zero-order valence-corrected chi connectivity index (χ0v) is 11.4. The molecule has 2 aromatic rings. The van der Waals surface area contributed by atoms with Gasteiger partial charge in [-0.25, -0.2) is 0 Å². The van der Waals surface area contributed by atoms with Crippen molar-refractivity contribution in [2.45, 2.75) is 12.3 Å². The van der Waals surface area contributed by atoms with Crippen LogP contribution in [0.3, 0.4) is 0 Å². The molecule has 19 heavy (non-hydrogen) atoms. The smallest absolute Gasteiger partial charge is 0.148 e. The van der Waals surface area contributed by atoms with Gasteiger partial charge in [-0.2, -0.15) is 0 Å². The molecule has 0 aliphatic carbocycles. The number of hydrogen-bond acceptors (Lipinski definition) is 3. The lowest BCUT2D eigenvalue weighted by Gasteiger charge is -2.16. The predicted octanol–water partition coefficient (Wildman–Crippen LogP) is 3.39. The van der Waals surface area contributed by atoms with Crippen LogP contribution in [0.5, 0.6) is 11.5 Å². The van der Waals surface area contributed by atoms with Crippen LogP contribution in [0.1, 0.15) is 17.2 Å². The summed E-state index contributed by atoms with van der Waals surface area (Å²) in [5.74, 6) is 2.02. The number of benzene rings is 1. The summed E-state index contributed by atoms with van der Waals surface area (Å²) < 4.78 is 5.99. The van der Waals surface area contributed by atoms with Crippen LogP contribution in [0.4, 0.5) is 0 Å². The van der Waals surface area contributed by atoms with E-state index >= 15 is 0 Å². The summed E-state index contributed by atoms with van der Waals surface area (Å²) in [5, 5.41) is 3.97. The monoisotopic (exact) mass is 274 g/mol. The van der Waals surface area contributed by atoms with Crippen LogP contribution in [-0.4, -0.2) is 18.6 Å². The number of hydrogen-bond donors (Lipinski definition) is 1. The zero-order chi connectivity index (χ0) is 13.2. The first-order valence-corrected chi connectivity index (χ1v) is 6.71. The van der Waals surface area contributed by atoms with Crippen LogP contribution >= 0.6 is 11.6 Å². The minimum Gasteiger partial charge on any atom is -0.455 e. The number of rotatable bonds is 2. The van der Waals surface area contributed by atoms with Gasteiger partial charge >= 0.3 is 0 Å². The quantitative estimate of drug-likeness (QED) is 0.911. The van der Waals surface area contributed by atoms with Crippen molar-refractivity contribution < 1.29 is 4.74 Å². The molecule has 4 heteroatoms. The van der Waals surface area contributed by atoms with Crippen molar-refractivity contribution in [3.8, 4) is 11.5 Å². The molecule has 0 radical (unpaired) electrons. The van der Waals surface area contributed by atoms with Gasteiger partial charge in [0.2, 0.25) is 0 Å². The Labute approximate surface area is 117 Å². The molecule has 3 nitrogen and oxygen atoms in total. The number of halogens is 1. The third kappa shape index (κ3) is 2.44. The molecule has 0 bridgehead atoms. The van der Waals surface area contributed by atoms with E-state index in [9.17, 15) is 0 Å². The molecule has 1 aliphatic heterocycles. The Kier molecular flexibility index (Phi) is 3.40. The minimum atomic E-state index is 0.315. The SMILES string of the molecule is CNC[C@@H]1Cc2ncccc2Oc2ccc(Cl)cc21. The number of pyridine rings is 1. The van der Waals surface area contributed by atoms with E-state index in [1.54, 1.807) is 0 Å². The highest BCUT2D eigenvalue weighted by Crippen LogP contribution is 2.39. The number of aromatic nitrogens is 1. The first-order chi connectivity index (χ1) is 9.28. The van der Waals surface area contributed by atoms with Crippen molar-refractivity contribution in [3.63, 3.8) is 0 Å². The number of nitrogens with one attached hydrogen (secondary N) is 1. The number of ether oxygens (including phenoxy) is 1. The van der Waals surface area contributed by atoms with Crippen molar-refractivity contribution in [2.75, 3.05) is 13.6 Å². The van der Waals surface area contributed by atoms with E-state index in [2.05, 4.69) is 10.3 Å². The van der Waals surface area contributed by atoms with Gasteiger partial charge in [0, 0.05) is 35.7 Å². The van der Waals surface area contributed by atoms with Gasteiger partial charge < -0.3 is 10.1 Å². The maximum atomic E-state index is 6.12. The van der Waals surface area contributed by atoms with E-state index in [-0.39, 0.29) is 0 Å². The highest BCUT2D eigenvalue weighted by Gasteiger charge is 2.23. The van der Waals surface area contributed by atoms with Crippen LogP contribution in [0.25, 0.3) is 0 Å². The highest BCUT2D eigenvalue weighted by molar-refractivity contribution is 6.30. The van der Waals surface area contributed by atoms with Crippen molar-refractivity contribution in [2.24, 2.45) is 0 Å². The molecule has 0 fully saturated rings. The Morgan fingerprint density at radius 2 is 2.26 bits per heavy atom. The van der Waals surface area contributed by atoms with Gasteiger partial charge in [-0.3, -0.25) is 4.98 Å². The maximum Gasteiger partial charge on any atom is 0.148 e. The van der Waals surface area contributed by atoms with Gasteiger partial charge in [0.15, 0.2) is 0 Å². The molecule has 0 unspecified atom stereocenters. The molecule has 1 aromatic heterocycles. The zero-order valence-electron chi connectivity index (χ0n) is 10.7. The standard InChI is InChI=1S/C15H15ClN2O/c1-17-9-10-7-13-15(3-2-6-18-13)19-14-5-4-11(16)8-12(10)14/h2-6,8,10,17H,7,9H2,1H3/t10-/m0/s1. The molecule has 1 aromatic carbocycles. The number of fused-ring (bicyclic) bond motifs is 2. The highest BCUT2D eigenvalue weighted by atomic mass is 35.5. The molecule has 2 heterocycles. The molecule has 98 valence electrons. The van der Waals surface area contributed by atoms with Gasteiger partial charge in [-0.05, 0) is 37.4 Å². The van der Waals surface area contributed by atoms with Crippen LogP contribution in [0.15, 0.2) is 36.5 Å². The molecular formula is C15H15ClN2O. The Hall–Kier alpha value is -1.58. The van der Waals surface area contributed by atoms with Gasteiger partial charge in [-0.1, -0.05) is 11.6 Å². The summed E-state index contributed by atoms with van der Waals surface area (Å²) >= 11 is 6.12. The molecule has 0 spiro atoms. The molecule has 1 N–H and O–H groups in total. The van der Waals surface area contributed by atoms with Gasteiger partial charge in [0.25, 0.3) is 0 Å². The second-order valence-corrected chi connectivity index (χ2v) is 5.13. The van der Waals surface area contributed by atoms with E-state index in [0.29, 0.717) is 5.92 Å². The second kappa shape index (κ2) is 5.19. The Bertz CT molecular complexity index is 600. The third-order valence-corrected chi connectivity index (χ3v) is 3.61. The molecule has 1 aliphatic rings. The molecule has 0 saturated carbocycles. The van der Waals surface area contributed by atoms with Crippen molar-refractivity contribution in [1.82, 2.24) is 10.3 Å². The van der Waals surface area contributed by atoms with Gasteiger partial charge in [-0.15, -0.1) is 0 Å². The molecule has 3 rings (SSSR count). The Morgan fingerprint density at radius 3 is 3.11 bits per heavy atom. The summed E-state index contributed by atoms with van der Waals surface area (Å²) in [4.78, 5) is 4.43. The Morgan fingerprint density at radius 1 is 1.37 bits per heavy atom. The lowest BCUT2D eigenvalue weighted by Crippen LogP contribution is -2.19. The van der Waals surface area contributed by atoms with Crippen molar-refractivity contribution >= 4 is 11.6 Å². The summed E-state index contributed by atoms with van der Waals surface area (Å²) in [6.45, 7) is 0.868. The predicted molar refractivity (Wildman–Crippen MR) is 76.1 cm³/mol. The van der Waals surface area contributed by atoms with E-state index in [1.165, 1.54) is 0 Å². The normalized spacial score (nSPS) is 17.1. The molecular weight excluding hydrogens is 260 g/mol. The Balaban J connectivity index is 2.10. The second-order valence-electron chi connectivity index (χ2n) is 4.69. The summed E-state index contributed by atoms with van der Waals surface area (Å²) in [7, 11) is 1.95. The molecule has 0 saturated heterocycles. The van der Waals surface area contributed by atoms with E-state index in [0.717, 1.165) is 40.7 Å². The lowest BCUT2D eigenvalue weighted by molar-refractivity contribution is 0.475. The van der Waals surface area contributed by atoms with Crippen molar-refractivity contribution in [1.29, 1.82) is 0 Å². The number of likely N-dealkylation sites (N-methyl/N-ethyl adjacent to an activating group) is 1. The minimum absolute atomic E-state index is 0.315. The maximum absolute atomic E-state index is 6.12. The number of nitrogens with zero attached hydrogens (tertiary/aromatic N) is 1. The lowest BCUT2D eigenvalue weighted by atomic mass is 9.94. The first kappa shape index (κ1) is 12.5. The average Bonchev–Trinajstić information content (AvgIpc) is 2.56. The fourth-order valence-electron chi connectivity index (χ4n) is 2.49. The van der Waals surface area contributed by atoms with Crippen molar-refractivity contribution in [3.05, 3.63) is 52.8 Å². The first-order valence-electron chi connectivity index (χ1n) is 6.33. The van der Waals surface area contributed by atoms with E-state index < -0.39 is 0 Å². The summed E-state index contributed by atoms with van der Waals surface area (Å²) in [6.07, 6.45) is 2.66. The van der Waals surface area contributed by atoms with Crippen LogP contribution in [-0.2, 0) is 6.42 Å². The summed E-state index contributed by atoms with van der Waals surface area (Å²) in [6, 6.07) is 9.64. The fraction of sp³-hybridized carbons (Fsp3) is 0.267. The van der Waals surface area contributed by atoms with Gasteiger partial charge in [0.05, 0.1) is 5.69 Å². The van der Waals surface area contributed by atoms with Crippen LogP contribution in [0, 0.1) is 0 Å². The molecule has 1 atom stereocenters. The topological polar surface area (TPSA) is 34.2 Å². The van der Waals surface area contributed by atoms with Crippen LogP contribution < -0.4 is 10.1 Å². The average molecular weight is 275 g/mol. The third-order valence-electron chi connectivity index (χ3n) is 3.37. The van der Waals surface area contributed by atoms with Gasteiger partial charge in [0.1, 0.15) is 11.5 Å². The summed E-state index contributed by atoms with van der Waals surface area (Å²) in [5.41, 5.74) is 2.13. The largest absolute Gasteiger partial charge is 0.455 e. The fourth-order valence-corrected chi connectivity index (χ4v) is 2.67. The van der Waals surface area contributed by atoms with E-state index in [4.69, 9.17) is 16.3 Å². The van der Waals surface area contributed by atoms with Crippen LogP contribution in [0.2, 0.25) is 5.02 Å². The van der Waals surface area contributed by atoms with E-state index in [1.807, 2.05) is 43.6 Å². The molecule has 0 amide bonds.